The number of aromatic nitrogens is 3. The highest BCUT2D eigenvalue weighted by Crippen LogP contribution is 2.41. The van der Waals surface area contributed by atoms with Crippen molar-refractivity contribution >= 4 is 15.7 Å². The van der Waals surface area contributed by atoms with Gasteiger partial charge in [0.1, 0.15) is 10.6 Å². The highest BCUT2D eigenvalue weighted by molar-refractivity contribution is 7.93. The van der Waals surface area contributed by atoms with Crippen LogP contribution in [0.15, 0.2) is 27.6 Å². The normalized spacial score (nSPS) is 14.2. The van der Waals surface area contributed by atoms with E-state index in [0.717, 1.165) is 24.1 Å². The van der Waals surface area contributed by atoms with Crippen LogP contribution in [0.1, 0.15) is 48.5 Å². The minimum atomic E-state index is -3.91. The molecule has 160 valence electrons. The molecule has 0 amide bonds. The number of rotatable bonds is 7. The average molecular weight is 431 g/mol. The van der Waals surface area contributed by atoms with E-state index in [4.69, 9.17) is 9.26 Å². The van der Waals surface area contributed by atoms with Gasteiger partial charge in [0.15, 0.2) is 5.82 Å². The van der Waals surface area contributed by atoms with E-state index in [-0.39, 0.29) is 10.8 Å². The van der Waals surface area contributed by atoms with Crippen LogP contribution in [0.25, 0.3) is 11.5 Å². The van der Waals surface area contributed by atoms with Gasteiger partial charge in [-0.25, -0.2) is 8.42 Å². The van der Waals surface area contributed by atoms with Crippen molar-refractivity contribution in [2.75, 3.05) is 11.8 Å². The highest BCUT2D eigenvalue weighted by atomic mass is 32.2. The Morgan fingerprint density at radius 1 is 1.23 bits per heavy atom. The molecule has 2 aromatic heterocycles. The Kier molecular flexibility index (Phi) is 5.09. The molecule has 0 aliphatic heterocycles. The molecule has 3 aromatic rings. The van der Waals surface area contributed by atoms with Gasteiger partial charge in [-0.15, -0.1) is 0 Å². The van der Waals surface area contributed by atoms with Gasteiger partial charge in [0.2, 0.25) is 0 Å². The summed E-state index contributed by atoms with van der Waals surface area (Å²) >= 11 is 0. The molecule has 1 aliphatic carbocycles. The van der Waals surface area contributed by atoms with Crippen LogP contribution in [0.4, 0.5) is 5.69 Å². The lowest BCUT2D eigenvalue weighted by molar-refractivity contribution is 0.414. The second-order valence-corrected chi connectivity index (χ2v) is 9.26. The van der Waals surface area contributed by atoms with Gasteiger partial charge in [-0.2, -0.15) is 4.98 Å². The Bertz CT molecular complexity index is 1210. The lowest BCUT2D eigenvalue weighted by Gasteiger charge is -2.13. The lowest BCUT2D eigenvalue weighted by atomic mass is 10.2. The second-order valence-electron chi connectivity index (χ2n) is 7.64. The molecular weight excluding hydrogens is 404 g/mol. The van der Waals surface area contributed by atoms with Crippen molar-refractivity contribution in [2.24, 2.45) is 0 Å². The highest BCUT2D eigenvalue weighted by Gasteiger charge is 2.34. The molecule has 30 heavy (non-hydrogen) atoms. The molecule has 1 N–H and O–H groups in total. The van der Waals surface area contributed by atoms with Crippen LogP contribution in [0.5, 0.6) is 5.75 Å². The van der Waals surface area contributed by atoms with Crippen LogP contribution in [-0.4, -0.2) is 30.2 Å². The number of aryl methyl sites for hydroxylation is 1. The number of benzene rings is 1. The summed E-state index contributed by atoms with van der Waals surface area (Å²) in [4.78, 5) is 4.68. The number of hydrogen-bond donors (Lipinski definition) is 1. The molecule has 0 saturated heterocycles. The van der Waals surface area contributed by atoms with Gasteiger partial charge >= 0.3 is 0 Å². The van der Waals surface area contributed by atoms with Gasteiger partial charge < -0.3 is 13.8 Å². The Hall–Kier alpha value is -2.81. The van der Waals surface area contributed by atoms with E-state index < -0.39 is 10.0 Å². The third-order valence-electron chi connectivity index (χ3n) is 5.59. The molecule has 8 nitrogen and oxygen atoms in total. The average Bonchev–Trinajstić information content (AvgIpc) is 3.38. The first-order valence-electron chi connectivity index (χ1n) is 9.98. The molecule has 0 radical (unpaired) electrons. The number of methoxy groups -OCH3 is 1. The topological polar surface area (TPSA) is 99.3 Å². The smallest absolute Gasteiger partial charge is 0.264 e. The maximum absolute atomic E-state index is 13.5. The molecule has 0 spiro atoms. The third-order valence-corrected chi connectivity index (χ3v) is 7.11. The zero-order chi connectivity index (χ0) is 21.6. The fourth-order valence-corrected chi connectivity index (χ4v) is 5.45. The number of anilines is 1. The van der Waals surface area contributed by atoms with Crippen LogP contribution in [-0.2, 0) is 16.6 Å². The van der Waals surface area contributed by atoms with E-state index in [1.54, 1.807) is 32.2 Å². The first-order valence-corrected chi connectivity index (χ1v) is 11.5. The van der Waals surface area contributed by atoms with Gasteiger partial charge in [0.25, 0.3) is 15.9 Å². The van der Waals surface area contributed by atoms with Gasteiger partial charge in [0.05, 0.1) is 18.4 Å². The van der Waals surface area contributed by atoms with Gasteiger partial charge in [-0.05, 0) is 64.3 Å². The van der Waals surface area contributed by atoms with E-state index in [9.17, 15) is 8.42 Å². The summed E-state index contributed by atoms with van der Waals surface area (Å²) in [6.45, 7) is 8.12. The van der Waals surface area contributed by atoms with Crippen molar-refractivity contribution < 1.29 is 17.7 Å². The summed E-state index contributed by atoms with van der Waals surface area (Å²) < 4.78 is 42.4. The second kappa shape index (κ2) is 7.46. The predicted octanol–water partition coefficient (Wildman–Crippen LogP) is 4.17. The fraction of sp³-hybridized carbons (Fsp3) is 0.429. The first-order chi connectivity index (χ1) is 14.3. The molecule has 0 bridgehead atoms. The van der Waals surface area contributed by atoms with Gasteiger partial charge in [-0.3, -0.25) is 4.72 Å². The number of nitrogens with one attached hydrogen (secondary N) is 1. The molecule has 1 aliphatic rings. The molecule has 0 unspecified atom stereocenters. The fourth-order valence-electron chi connectivity index (χ4n) is 3.83. The summed E-state index contributed by atoms with van der Waals surface area (Å²) in [5.41, 5.74) is 3.14. The van der Waals surface area contributed by atoms with Crippen molar-refractivity contribution in [3.63, 3.8) is 0 Å². The number of hydrogen-bond acceptors (Lipinski definition) is 6. The van der Waals surface area contributed by atoms with E-state index in [2.05, 4.69) is 14.9 Å². The maximum atomic E-state index is 13.5. The van der Waals surface area contributed by atoms with Crippen LogP contribution in [0.2, 0.25) is 0 Å². The summed E-state index contributed by atoms with van der Waals surface area (Å²) in [7, 11) is -2.34. The largest absolute Gasteiger partial charge is 0.497 e. The molecule has 0 atom stereocenters. The van der Waals surface area contributed by atoms with Crippen LogP contribution in [0, 0.1) is 20.8 Å². The summed E-state index contributed by atoms with van der Waals surface area (Å²) in [5.74, 6) is 1.88. The van der Waals surface area contributed by atoms with Gasteiger partial charge in [0, 0.05) is 23.9 Å². The standard InChI is InChI=1S/C21H26N4O4S/c1-6-25-13(3)18(21-22-20(23-29-21)15-7-8-15)19(14(25)4)30(26,27)24-17-10-9-16(28-5)11-12(17)2/h9-11,15,24H,6-8H2,1-5H3. The SMILES string of the molecule is CCn1c(C)c(-c2nc(C3CC3)no2)c(S(=O)(=O)Nc2ccc(OC)cc2C)c1C. The minimum absolute atomic E-state index is 0.170. The zero-order valence-corrected chi connectivity index (χ0v) is 18.6. The quantitative estimate of drug-likeness (QED) is 0.604. The molecule has 4 rings (SSSR count). The minimum Gasteiger partial charge on any atom is -0.497 e. The van der Waals surface area contributed by atoms with Gasteiger partial charge in [-0.1, -0.05) is 5.16 Å². The third kappa shape index (κ3) is 3.47. The van der Waals surface area contributed by atoms with Crippen molar-refractivity contribution in [1.82, 2.24) is 14.7 Å². The van der Waals surface area contributed by atoms with Crippen molar-refractivity contribution in [3.05, 3.63) is 41.0 Å². The van der Waals surface area contributed by atoms with E-state index in [1.807, 2.05) is 25.3 Å². The monoisotopic (exact) mass is 430 g/mol. The molecule has 9 heteroatoms. The Morgan fingerprint density at radius 2 is 1.97 bits per heavy atom. The molecule has 1 saturated carbocycles. The Morgan fingerprint density at radius 3 is 2.57 bits per heavy atom. The van der Waals surface area contributed by atoms with E-state index >= 15 is 0 Å². The summed E-state index contributed by atoms with van der Waals surface area (Å²) in [6, 6.07) is 5.21. The summed E-state index contributed by atoms with van der Waals surface area (Å²) in [5, 5.41) is 4.08. The molecule has 2 heterocycles. The Labute approximate surface area is 176 Å². The molecular formula is C21H26N4O4S. The number of ether oxygens (including phenoxy) is 1. The zero-order valence-electron chi connectivity index (χ0n) is 17.8. The maximum Gasteiger partial charge on any atom is 0.264 e. The van der Waals surface area contributed by atoms with Crippen LogP contribution >= 0.6 is 0 Å². The Balaban J connectivity index is 1.82. The van der Waals surface area contributed by atoms with Crippen molar-refractivity contribution in [1.29, 1.82) is 0 Å². The van der Waals surface area contributed by atoms with Crippen molar-refractivity contribution in [3.8, 4) is 17.2 Å². The first kappa shape index (κ1) is 20.5. The lowest BCUT2D eigenvalue weighted by Crippen LogP contribution is -2.15. The number of nitrogens with zero attached hydrogens (tertiary/aromatic N) is 3. The summed E-state index contributed by atoms with van der Waals surface area (Å²) in [6.07, 6.45) is 2.08. The number of sulfonamides is 1. The van der Waals surface area contributed by atoms with Crippen LogP contribution in [0.3, 0.4) is 0 Å². The van der Waals surface area contributed by atoms with E-state index in [1.165, 1.54) is 0 Å². The molecule has 1 aromatic carbocycles. The predicted molar refractivity (Wildman–Crippen MR) is 113 cm³/mol. The molecule has 1 fully saturated rings. The van der Waals surface area contributed by atoms with Crippen molar-refractivity contribution in [2.45, 2.75) is 57.9 Å². The van der Waals surface area contributed by atoms with E-state index in [0.29, 0.717) is 41.0 Å². The van der Waals surface area contributed by atoms with Crippen LogP contribution < -0.4 is 9.46 Å².